The molecule has 1 saturated heterocycles. The van der Waals surface area contributed by atoms with Crippen molar-refractivity contribution in [2.45, 2.75) is 33.6 Å². The maximum atomic E-state index is 12.2. The second-order valence-electron chi connectivity index (χ2n) is 5.14. The van der Waals surface area contributed by atoms with Gasteiger partial charge in [0.15, 0.2) is 5.78 Å². The van der Waals surface area contributed by atoms with E-state index in [1.165, 1.54) is 0 Å². The molecule has 102 valence electrons. The van der Waals surface area contributed by atoms with E-state index in [1.54, 1.807) is 11.3 Å². The lowest BCUT2D eigenvalue weighted by atomic mass is 9.97. The van der Waals surface area contributed by atoms with Crippen molar-refractivity contribution in [1.29, 1.82) is 0 Å². The van der Waals surface area contributed by atoms with Gasteiger partial charge in [-0.2, -0.15) is 0 Å². The van der Waals surface area contributed by atoms with Crippen LogP contribution in [0.2, 0.25) is 0 Å². The normalized spacial score (nSPS) is 17.1. The van der Waals surface area contributed by atoms with Gasteiger partial charge in [0.2, 0.25) is 11.8 Å². The highest BCUT2D eigenvalue weighted by atomic mass is 32.1. The molecule has 0 atom stereocenters. The number of aryl methyl sites for hydroxylation is 2. The molecular formula is C14H17NO3S. The van der Waals surface area contributed by atoms with Gasteiger partial charge in [-0.25, -0.2) is 0 Å². The summed E-state index contributed by atoms with van der Waals surface area (Å²) in [6.07, 6.45) is 0.696. The van der Waals surface area contributed by atoms with Crippen molar-refractivity contribution in [2.75, 3.05) is 6.54 Å². The van der Waals surface area contributed by atoms with Crippen LogP contribution in [0.1, 0.15) is 39.9 Å². The van der Waals surface area contributed by atoms with E-state index in [-0.39, 0.29) is 30.1 Å². The third kappa shape index (κ3) is 2.92. The minimum atomic E-state index is -0.235. The maximum Gasteiger partial charge on any atom is 0.229 e. The Morgan fingerprint density at radius 1 is 1.32 bits per heavy atom. The largest absolute Gasteiger partial charge is 0.292 e. The second-order valence-corrected chi connectivity index (χ2v) is 6.60. The number of nitrogens with zero attached hydrogens (tertiary/aromatic N) is 1. The zero-order valence-electron chi connectivity index (χ0n) is 11.4. The molecule has 2 rings (SSSR count). The van der Waals surface area contributed by atoms with Crippen LogP contribution in [-0.2, 0) is 9.59 Å². The van der Waals surface area contributed by atoms with E-state index in [0.29, 0.717) is 18.4 Å². The van der Waals surface area contributed by atoms with E-state index in [4.69, 9.17) is 0 Å². The molecule has 2 heterocycles. The highest BCUT2D eigenvalue weighted by molar-refractivity contribution is 7.12. The number of imide groups is 1. The number of rotatable bonds is 3. The Labute approximate surface area is 116 Å². The number of ketones is 1. The fraction of sp³-hybridized carbons (Fsp3) is 0.500. The molecule has 1 aliphatic heterocycles. The number of thiophene rings is 1. The van der Waals surface area contributed by atoms with Crippen LogP contribution in [0, 0.1) is 19.8 Å². The van der Waals surface area contributed by atoms with Gasteiger partial charge in [0.05, 0.1) is 6.54 Å². The number of Topliss-reactive ketones (excluding diaryl/α,β-unsaturated/α-hetero) is 1. The van der Waals surface area contributed by atoms with Gasteiger partial charge in [0.25, 0.3) is 0 Å². The van der Waals surface area contributed by atoms with Crippen molar-refractivity contribution in [1.82, 2.24) is 4.90 Å². The molecule has 0 saturated carbocycles. The zero-order chi connectivity index (χ0) is 14.2. The number of carbonyl (C=O) groups excluding carboxylic acids is 3. The first kappa shape index (κ1) is 13.9. The quantitative estimate of drug-likeness (QED) is 0.630. The van der Waals surface area contributed by atoms with Crippen molar-refractivity contribution >= 4 is 28.9 Å². The van der Waals surface area contributed by atoms with Gasteiger partial charge in [0.1, 0.15) is 0 Å². The molecule has 0 bridgehead atoms. The van der Waals surface area contributed by atoms with E-state index in [9.17, 15) is 14.4 Å². The SMILES string of the molecule is Cc1cc(C(=O)CN2C(=O)CC(C)CC2=O)c(C)s1. The van der Waals surface area contributed by atoms with Crippen LogP contribution in [0.3, 0.4) is 0 Å². The van der Waals surface area contributed by atoms with Gasteiger partial charge in [-0.05, 0) is 25.8 Å². The van der Waals surface area contributed by atoms with Crippen LogP contribution >= 0.6 is 11.3 Å². The lowest BCUT2D eigenvalue weighted by Crippen LogP contribution is -2.45. The predicted molar refractivity (Wildman–Crippen MR) is 73.2 cm³/mol. The Balaban J connectivity index is 2.12. The Kier molecular flexibility index (Phi) is 3.85. The summed E-state index contributed by atoms with van der Waals surface area (Å²) in [6, 6.07) is 1.82. The molecule has 1 aromatic rings. The van der Waals surface area contributed by atoms with Crippen molar-refractivity contribution in [3.8, 4) is 0 Å². The summed E-state index contributed by atoms with van der Waals surface area (Å²) in [6.45, 7) is 5.57. The summed E-state index contributed by atoms with van der Waals surface area (Å²) in [4.78, 5) is 38.9. The fourth-order valence-electron chi connectivity index (χ4n) is 2.34. The predicted octanol–water partition coefficient (Wildman–Crippen LogP) is 2.33. The molecule has 0 radical (unpaired) electrons. The van der Waals surface area contributed by atoms with Crippen LogP contribution < -0.4 is 0 Å². The Morgan fingerprint density at radius 3 is 2.37 bits per heavy atom. The van der Waals surface area contributed by atoms with Crippen molar-refractivity contribution in [3.05, 3.63) is 21.4 Å². The highest BCUT2D eigenvalue weighted by Gasteiger charge is 2.32. The molecule has 1 aliphatic rings. The average molecular weight is 279 g/mol. The number of likely N-dealkylation sites (tertiary alicyclic amines) is 1. The van der Waals surface area contributed by atoms with Gasteiger partial charge >= 0.3 is 0 Å². The molecule has 0 N–H and O–H groups in total. The van der Waals surface area contributed by atoms with Crippen LogP contribution in [0.5, 0.6) is 0 Å². The number of hydrogen-bond donors (Lipinski definition) is 0. The van der Waals surface area contributed by atoms with Crippen molar-refractivity contribution in [2.24, 2.45) is 5.92 Å². The minimum Gasteiger partial charge on any atom is -0.292 e. The third-order valence-electron chi connectivity index (χ3n) is 3.29. The summed E-state index contributed by atoms with van der Waals surface area (Å²) in [5.74, 6) is -0.544. The van der Waals surface area contributed by atoms with Gasteiger partial charge in [-0.15, -0.1) is 11.3 Å². The first-order valence-corrected chi connectivity index (χ1v) is 7.13. The Bertz CT molecular complexity index is 529. The third-order valence-corrected chi connectivity index (χ3v) is 4.26. The standard InChI is InChI=1S/C14H17NO3S/c1-8-4-13(17)15(14(18)5-8)7-12(16)11-6-9(2)19-10(11)3/h6,8H,4-5,7H2,1-3H3. The van der Waals surface area contributed by atoms with Gasteiger partial charge in [-0.1, -0.05) is 6.92 Å². The molecule has 0 spiro atoms. The molecule has 0 aliphatic carbocycles. The van der Waals surface area contributed by atoms with Gasteiger partial charge in [-0.3, -0.25) is 19.3 Å². The molecule has 1 fully saturated rings. The summed E-state index contributed by atoms with van der Waals surface area (Å²) in [5, 5.41) is 0. The zero-order valence-corrected chi connectivity index (χ0v) is 12.2. The first-order chi connectivity index (χ1) is 8.88. The molecule has 2 amide bonds. The molecule has 0 aromatic carbocycles. The second kappa shape index (κ2) is 5.25. The van der Waals surface area contributed by atoms with Crippen LogP contribution in [0.15, 0.2) is 6.07 Å². The lowest BCUT2D eigenvalue weighted by Gasteiger charge is -2.27. The molecular weight excluding hydrogens is 262 g/mol. The number of amides is 2. The van der Waals surface area contributed by atoms with E-state index in [2.05, 4.69) is 0 Å². The molecule has 4 nitrogen and oxygen atoms in total. The van der Waals surface area contributed by atoms with E-state index in [0.717, 1.165) is 14.7 Å². The minimum absolute atomic E-state index is 0.0801. The van der Waals surface area contributed by atoms with Crippen molar-refractivity contribution < 1.29 is 14.4 Å². The fourth-order valence-corrected chi connectivity index (χ4v) is 3.28. The number of carbonyl (C=O) groups is 3. The summed E-state index contributed by atoms with van der Waals surface area (Å²) in [7, 11) is 0. The summed E-state index contributed by atoms with van der Waals surface area (Å²) in [5.41, 5.74) is 0.627. The summed E-state index contributed by atoms with van der Waals surface area (Å²) >= 11 is 1.55. The topological polar surface area (TPSA) is 54.5 Å². The van der Waals surface area contributed by atoms with Gasteiger partial charge < -0.3 is 0 Å². The van der Waals surface area contributed by atoms with E-state index >= 15 is 0 Å². The van der Waals surface area contributed by atoms with Gasteiger partial charge in [0, 0.05) is 28.2 Å². The average Bonchev–Trinajstić information content (AvgIpc) is 2.62. The molecule has 0 unspecified atom stereocenters. The molecule has 1 aromatic heterocycles. The van der Waals surface area contributed by atoms with Crippen LogP contribution in [0.4, 0.5) is 0 Å². The smallest absolute Gasteiger partial charge is 0.229 e. The Hall–Kier alpha value is -1.49. The van der Waals surface area contributed by atoms with E-state index in [1.807, 2.05) is 26.8 Å². The first-order valence-electron chi connectivity index (χ1n) is 6.32. The van der Waals surface area contributed by atoms with Crippen molar-refractivity contribution in [3.63, 3.8) is 0 Å². The number of piperidine rings is 1. The highest BCUT2D eigenvalue weighted by Crippen LogP contribution is 2.23. The molecule has 5 heteroatoms. The van der Waals surface area contributed by atoms with E-state index < -0.39 is 0 Å². The maximum absolute atomic E-state index is 12.2. The Morgan fingerprint density at radius 2 is 1.89 bits per heavy atom. The molecule has 19 heavy (non-hydrogen) atoms. The summed E-state index contributed by atoms with van der Waals surface area (Å²) < 4.78 is 0. The lowest BCUT2D eigenvalue weighted by molar-refractivity contribution is -0.149. The van der Waals surface area contributed by atoms with Crippen LogP contribution in [-0.4, -0.2) is 29.0 Å². The number of hydrogen-bond acceptors (Lipinski definition) is 4. The van der Waals surface area contributed by atoms with Crippen LogP contribution in [0.25, 0.3) is 0 Å². The monoisotopic (exact) mass is 279 g/mol.